The van der Waals surface area contributed by atoms with Crippen LogP contribution >= 0.6 is 0 Å². The van der Waals surface area contributed by atoms with Crippen molar-refractivity contribution >= 4 is 5.97 Å². The zero-order chi connectivity index (χ0) is 25.1. The van der Waals surface area contributed by atoms with Crippen molar-refractivity contribution in [2.75, 3.05) is 13.1 Å². The van der Waals surface area contributed by atoms with Gasteiger partial charge in [0.15, 0.2) is 0 Å². The topological polar surface area (TPSA) is 88.4 Å². The van der Waals surface area contributed by atoms with Gasteiger partial charge in [0.2, 0.25) is 5.88 Å². The van der Waals surface area contributed by atoms with Crippen LogP contribution in [0.1, 0.15) is 35.4 Å². The minimum absolute atomic E-state index is 0.401. The summed E-state index contributed by atoms with van der Waals surface area (Å²) < 4.78 is 37.4. The molecule has 0 atom stereocenters. The summed E-state index contributed by atoms with van der Waals surface area (Å²) in [5.41, 5.74) is 4.59. The average Bonchev–Trinajstić information content (AvgIpc) is 3.36. The number of carbonyl (C=O) groups is 1. The Hall–Kier alpha value is -3.53. The Morgan fingerprint density at radius 3 is 2.17 bits per heavy atom. The van der Waals surface area contributed by atoms with Gasteiger partial charge in [-0.1, -0.05) is 30.3 Å². The third kappa shape index (κ3) is 9.32. The van der Waals surface area contributed by atoms with Crippen molar-refractivity contribution in [1.29, 1.82) is 0 Å². The second-order valence-electron chi connectivity index (χ2n) is 8.08. The van der Waals surface area contributed by atoms with Gasteiger partial charge in [-0.2, -0.15) is 18.3 Å². The van der Waals surface area contributed by atoms with E-state index in [1.165, 1.54) is 37.1 Å². The molecule has 4 rings (SSSR count). The molecule has 3 aromatic rings. The third-order valence-electron chi connectivity index (χ3n) is 5.33. The van der Waals surface area contributed by atoms with Gasteiger partial charge in [0.05, 0.1) is 11.4 Å². The fourth-order valence-corrected chi connectivity index (χ4v) is 3.47. The lowest BCUT2D eigenvalue weighted by atomic mass is 10.1. The lowest BCUT2D eigenvalue weighted by Gasteiger charge is -2.14. The predicted octanol–water partition coefficient (Wildman–Crippen LogP) is 4.46. The van der Waals surface area contributed by atoms with Crippen molar-refractivity contribution < 1.29 is 27.8 Å². The van der Waals surface area contributed by atoms with Crippen molar-refractivity contribution in [2.45, 2.75) is 45.0 Å². The van der Waals surface area contributed by atoms with Crippen LogP contribution in [0.15, 0.2) is 60.8 Å². The summed E-state index contributed by atoms with van der Waals surface area (Å²) in [4.78, 5) is 15.7. The van der Waals surface area contributed by atoms with Gasteiger partial charge in [-0.25, -0.2) is 4.79 Å². The second kappa shape index (κ2) is 12.8. The van der Waals surface area contributed by atoms with Crippen molar-refractivity contribution in [3.63, 3.8) is 0 Å². The molecule has 186 valence electrons. The maximum absolute atomic E-state index is 10.6. The van der Waals surface area contributed by atoms with Crippen LogP contribution in [0.3, 0.4) is 0 Å². The van der Waals surface area contributed by atoms with Crippen molar-refractivity contribution in [2.24, 2.45) is 0 Å². The SMILES string of the molecule is O=C(O)C(F)(F)F.c1ccc(COc2ccc(CCc3ccc(CN4CCCC4)cc3)nn2)nc1. The van der Waals surface area contributed by atoms with Gasteiger partial charge in [-0.05, 0) is 68.1 Å². The van der Waals surface area contributed by atoms with Gasteiger partial charge in [0.1, 0.15) is 6.61 Å². The Kier molecular flexibility index (Phi) is 9.54. The largest absolute Gasteiger partial charge is 0.490 e. The number of nitrogens with zero attached hydrogens (tertiary/aromatic N) is 4. The number of carboxylic acids is 1. The van der Waals surface area contributed by atoms with Gasteiger partial charge in [0, 0.05) is 18.8 Å². The molecule has 0 unspecified atom stereocenters. The van der Waals surface area contributed by atoms with Gasteiger partial charge in [-0.3, -0.25) is 9.88 Å². The Morgan fingerprint density at radius 1 is 0.914 bits per heavy atom. The molecule has 1 N–H and O–H groups in total. The molecule has 0 amide bonds. The number of pyridine rings is 1. The highest BCUT2D eigenvalue weighted by Crippen LogP contribution is 2.15. The van der Waals surface area contributed by atoms with Crippen LogP contribution in [0.5, 0.6) is 5.88 Å². The number of ether oxygens (including phenoxy) is 1. The second-order valence-corrected chi connectivity index (χ2v) is 8.08. The number of rotatable bonds is 8. The maximum atomic E-state index is 10.6. The first-order chi connectivity index (χ1) is 16.8. The number of hydrogen-bond acceptors (Lipinski definition) is 6. The van der Waals surface area contributed by atoms with Gasteiger partial charge in [0.25, 0.3) is 0 Å². The molecule has 7 nitrogen and oxygen atoms in total. The normalized spacial score (nSPS) is 13.7. The van der Waals surface area contributed by atoms with Crippen LogP contribution in [-0.4, -0.2) is 50.4 Å². The molecule has 0 aliphatic carbocycles. The summed E-state index contributed by atoms with van der Waals surface area (Å²) in [5.74, 6) is -2.23. The van der Waals surface area contributed by atoms with Crippen LogP contribution in [0.2, 0.25) is 0 Å². The lowest BCUT2D eigenvalue weighted by molar-refractivity contribution is -0.192. The van der Waals surface area contributed by atoms with E-state index >= 15 is 0 Å². The summed E-state index contributed by atoms with van der Waals surface area (Å²) in [5, 5.41) is 15.6. The van der Waals surface area contributed by atoms with Crippen LogP contribution in [-0.2, 0) is 30.8 Å². The summed E-state index contributed by atoms with van der Waals surface area (Å²) in [7, 11) is 0. The molecular formula is C25H27F3N4O3. The van der Waals surface area contributed by atoms with E-state index < -0.39 is 12.1 Å². The highest BCUT2D eigenvalue weighted by Gasteiger charge is 2.38. The van der Waals surface area contributed by atoms with Crippen LogP contribution < -0.4 is 4.74 Å². The first kappa shape index (κ1) is 26.1. The number of benzene rings is 1. The van der Waals surface area contributed by atoms with Gasteiger partial charge in [-0.15, -0.1) is 5.10 Å². The number of alkyl halides is 3. The number of aliphatic carboxylic acids is 1. The molecule has 0 spiro atoms. The molecule has 1 aromatic carbocycles. The molecule has 1 fully saturated rings. The lowest BCUT2D eigenvalue weighted by Crippen LogP contribution is -2.21. The quantitative estimate of drug-likeness (QED) is 0.501. The van der Waals surface area contributed by atoms with Crippen LogP contribution in [0.25, 0.3) is 0 Å². The summed E-state index contributed by atoms with van der Waals surface area (Å²) >= 11 is 0. The number of aromatic nitrogens is 3. The first-order valence-electron chi connectivity index (χ1n) is 11.3. The molecule has 0 radical (unpaired) electrons. The Labute approximate surface area is 201 Å². The third-order valence-corrected chi connectivity index (χ3v) is 5.33. The number of aryl methyl sites for hydroxylation is 2. The zero-order valence-electron chi connectivity index (χ0n) is 19.1. The molecule has 3 heterocycles. The smallest absolute Gasteiger partial charge is 0.475 e. The molecule has 10 heteroatoms. The van der Waals surface area contributed by atoms with E-state index in [1.54, 1.807) is 6.20 Å². The first-order valence-corrected chi connectivity index (χ1v) is 11.3. The Balaban J connectivity index is 0.000000429. The van der Waals surface area contributed by atoms with Crippen LogP contribution in [0.4, 0.5) is 13.2 Å². The molecule has 35 heavy (non-hydrogen) atoms. The molecule has 1 aliphatic heterocycles. The fourth-order valence-electron chi connectivity index (χ4n) is 3.47. The summed E-state index contributed by atoms with van der Waals surface area (Å²) in [6, 6.07) is 18.6. The molecule has 1 aliphatic rings. The Bertz CT molecular complexity index is 1040. The summed E-state index contributed by atoms with van der Waals surface area (Å²) in [6.45, 7) is 3.95. The zero-order valence-corrected chi connectivity index (χ0v) is 19.1. The van der Waals surface area contributed by atoms with E-state index in [9.17, 15) is 13.2 Å². The monoisotopic (exact) mass is 488 g/mol. The average molecular weight is 489 g/mol. The van der Waals surface area contributed by atoms with E-state index in [4.69, 9.17) is 14.6 Å². The van der Waals surface area contributed by atoms with Crippen molar-refractivity contribution in [3.05, 3.63) is 83.3 Å². The van der Waals surface area contributed by atoms with Gasteiger partial charge >= 0.3 is 12.1 Å². The minimum atomic E-state index is -5.08. The Morgan fingerprint density at radius 2 is 1.60 bits per heavy atom. The fraction of sp³-hybridized carbons (Fsp3) is 0.360. The minimum Gasteiger partial charge on any atom is -0.475 e. The predicted molar refractivity (Wildman–Crippen MR) is 123 cm³/mol. The number of carboxylic acid groups (broad SMARTS) is 1. The summed E-state index contributed by atoms with van der Waals surface area (Å²) in [6.07, 6.45) is 1.19. The standard InChI is InChI=1S/C23H26N4O.C2HF3O2/c1-2-14-24-22(5-1)18-28-23-13-12-21(25-26-23)11-10-19-6-8-20(9-7-19)17-27-15-3-4-16-27;3-2(4,5)1(6)7/h1-2,5-9,12-14H,3-4,10-11,15-18H2;(H,6,7). The van der Waals surface area contributed by atoms with E-state index in [2.05, 4.69) is 44.3 Å². The van der Waals surface area contributed by atoms with E-state index in [-0.39, 0.29) is 0 Å². The highest BCUT2D eigenvalue weighted by atomic mass is 19.4. The van der Waals surface area contributed by atoms with Gasteiger partial charge < -0.3 is 9.84 Å². The molecule has 0 saturated carbocycles. The molecule has 2 aromatic heterocycles. The van der Waals surface area contributed by atoms with E-state index in [1.807, 2.05) is 30.3 Å². The maximum Gasteiger partial charge on any atom is 0.490 e. The number of hydrogen-bond donors (Lipinski definition) is 1. The van der Waals surface area contributed by atoms with Crippen LogP contribution in [0, 0.1) is 0 Å². The highest BCUT2D eigenvalue weighted by molar-refractivity contribution is 5.73. The number of halogens is 3. The van der Waals surface area contributed by atoms with E-state index in [0.717, 1.165) is 30.8 Å². The molecular weight excluding hydrogens is 461 g/mol. The molecule has 1 saturated heterocycles. The van der Waals surface area contributed by atoms with Crippen molar-refractivity contribution in [1.82, 2.24) is 20.1 Å². The van der Waals surface area contributed by atoms with E-state index in [0.29, 0.717) is 12.5 Å². The molecule has 0 bridgehead atoms. The number of likely N-dealkylation sites (tertiary alicyclic amines) is 1. The van der Waals surface area contributed by atoms with Crippen molar-refractivity contribution in [3.8, 4) is 5.88 Å².